The number of rotatable bonds is 6. The van der Waals surface area contributed by atoms with Crippen LogP contribution in [-0.4, -0.2) is 66.8 Å². The quantitative estimate of drug-likeness (QED) is 0.732. The Kier molecular flexibility index (Phi) is 6.51. The molecule has 1 aromatic rings. The van der Waals surface area contributed by atoms with Crippen LogP contribution in [0.5, 0.6) is 0 Å². The van der Waals surface area contributed by atoms with Crippen LogP contribution in [0.25, 0.3) is 0 Å². The number of carbonyl (C=O) groups excluding carboxylic acids is 4. The van der Waals surface area contributed by atoms with Crippen LogP contribution in [0.4, 0.5) is 5.69 Å². The second-order valence-electron chi connectivity index (χ2n) is 7.82. The van der Waals surface area contributed by atoms with Crippen molar-refractivity contribution < 1.29 is 23.9 Å². The van der Waals surface area contributed by atoms with Crippen LogP contribution >= 0.6 is 0 Å². The van der Waals surface area contributed by atoms with Gasteiger partial charge in [0.15, 0.2) is 6.61 Å². The highest BCUT2D eigenvalue weighted by molar-refractivity contribution is 5.96. The van der Waals surface area contributed by atoms with Crippen LogP contribution in [0.3, 0.4) is 0 Å². The summed E-state index contributed by atoms with van der Waals surface area (Å²) in [6.07, 6.45) is 4.38. The minimum absolute atomic E-state index is 0.00402. The van der Waals surface area contributed by atoms with Gasteiger partial charge in [-0.3, -0.25) is 19.2 Å². The predicted octanol–water partition coefficient (Wildman–Crippen LogP) is 1.66. The van der Waals surface area contributed by atoms with E-state index in [1.165, 1.54) is 4.90 Å². The van der Waals surface area contributed by atoms with Crippen LogP contribution in [0, 0.1) is 5.92 Å². The number of hydrogen-bond acceptors (Lipinski definition) is 5. The number of nitrogens with one attached hydrogen (secondary N) is 1. The van der Waals surface area contributed by atoms with Crippen LogP contribution in [0.2, 0.25) is 0 Å². The number of hydrogen-bond donors (Lipinski definition) is 1. The van der Waals surface area contributed by atoms with E-state index in [0.717, 1.165) is 25.7 Å². The van der Waals surface area contributed by atoms with E-state index in [4.69, 9.17) is 4.74 Å². The average Bonchev–Trinajstić information content (AvgIpc) is 3.35. The molecule has 0 aromatic heterocycles. The molecule has 0 radical (unpaired) electrons. The normalized spacial score (nSPS) is 19.3. The zero-order valence-corrected chi connectivity index (χ0v) is 16.8. The van der Waals surface area contributed by atoms with Crippen LogP contribution in [0.15, 0.2) is 24.3 Å². The first kappa shape index (κ1) is 20.8. The number of benzene rings is 1. The Labute approximate surface area is 170 Å². The molecular weight excluding hydrogens is 374 g/mol. The fourth-order valence-corrected chi connectivity index (χ4v) is 3.86. The summed E-state index contributed by atoms with van der Waals surface area (Å²) in [4.78, 5) is 51.6. The van der Waals surface area contributed by atoms with Crippen molar-refractivity contribution in [1.29, 1.82) is 0 Å². The molecule has 0 bridgehead atoms. The third-order valence-corrected chi connectivity index (χ3v) is 5.42. The van der Waals surface area contributed by atoms with Gasteiger partial charge in [0.1, 0.15) is 0 Å². The molecule has 1 aliphatic heterocycles. The molecule has 8 heteroatoms. The van der Waals surface area contributed by atoms with Crippen molar-refractivity contribution in [2.75, 3.05) is 32.6 Å². The van der Waals surface area contributed by atoms with E-state index in [-0.39, 0.29) is 24.3 Å². The molecule has 156 valence electrons. The summed E-state index contributed by atoms with van der Waals surface area (Å²) in [6.45, 7) is -0.0311. The number of likely N-dealkylation sites (tertiary alicyclic amines) is 1. The number of ether oxygens (including phenoxy) is 1. The average molecular weight is 401 g/mol. The lowest BCUT2D eigenvalue weighted by atomic mass is 10.1. The second-order valence-corrected chi connectivity index (χ2v) is 7.82. The molecule has 0 spiro atoms. The summed E-state index contributed by atoms with van der Waals surface area (Å²) < 4.78 is 5.12. The first-order valence-electron chi connectivity index (χ1n) is 9.93. The van der Waals surface area contributed by atoms with Crippen molar-refractivity contribution >= 4 is 29.4 Å². The van der Waals surface area contributed by atoms with Crippen molar-refractivity contribution in [2.45, 2.75) is 38.1 Å². The Morgan fingerprint density at radius 1 is 1.14 bits per heavy atom. The number of carbonyl (C=O) groups is 4. The summed E-state index contributed by atoms with van der Waals surface area (Å²) in [5, 5.41) is 2.63. The molecule has 1 N–H and O–H groups in total. The third-order valence-electron chi connectivity index (χ3n) is 5.42. The third kappa shape index (κ3) is 5.13. The lowest BCUT2D eigenvalue weighted by Crippen LogP contribution is -2.35. The Balaban J connectivity index is 1.45. The lowest BCUT2D eigenvalue weighted by Gasteiger charge is -2.23. The van der Waals surface area contributed by atoms with Gasteiger partial charge in [-0.2, -0.15) is 0 Å². The Hall–Kier alpha value is -2.90. The highest BCUT2D eigenvalue weighted by Gasteiger charge is 2.39. The maximum Gasteiger partial charge on any atom is 0.311 e. The monoisotopic (exact) mass is 401 g/mol. The van der Waals surface area contributed by atoms with Gasteiger partial charge in [-0.15, -0.1) is 0 Å². The molecule has 8 nitrogen and oxygen atoms in total. The Morgan fingerprint density at radius 2 is 1.79 bits per heavy atom. The summed E-state index contributed by atoms with van der Waals surface area (Å²) in [5.74, 6) is -1.62. The number of amides is 3. The summed E-state index contributed by atoms with van der Waals surface area (Å²) in [6, 6.07) is 6.71. The predicted molar refractivity (Wildman–Crippen MR) is 106 cm³/mol. The fourth-order valence-electron chi connectivity index (χ4n) is 3.86. The molecule has 1 aliphatic carbocycles. The molecule has 1 saturated heterocycles. The summed E-state index contributed by atoms with van der Waals surface area (Å²) >= 11 is 0. The molecule has 1 atom stereocenters. The Morgan fingerprint density at radius 3 is 2.41 bits per heavy atom. The van der Waals surface area contributed by atoms with Gasteiger partial charge < -0.3 is 19.9 Å². The SMILES string of the molecule is CN(C)C(=O)c1ccc(NC(=O)COC(=O)[C@@H]2CC(=O)N(C3CCCC3)C2)cc1. The maximum absolute atomic E-state index is 12.3. The van der Waals surface area contributed by atoms with Gasteiger partial charge in [0.2, 0.25) is 5.91 Å². The van der Waals surface area contributed by atoms with Gasteiger partial charge >= 0.3 is 5.97 Å². The van der Waals surface area contributed by atoms with Crippen molar-refractivity contribution in [2.24, 2.45) is 5.92 Å². The van der Waals surface area contributed by atoms with E-state index in [1.54, 1.807) is 43.3 Å². The first-order valence-corrected chi connectivity index (χ1v) is 9.93. The molecule has 1 heterocycles. The van der Waals surface area contributed by atoms with Crippen LogP contribution < -0.4 is 5.32 Å². The number of nitrogens with zero attached hydrogens (tertiary/aromatic N) is 2. The Bertz CT molecular complexity index is 784. The maximum atomic E-state index is 12.3. The van der Waals surface area contributed by atoms with Crippen molar-refractivity contribution in [3.63, 3.8) is 0 Å². The molecule has 1 aromatic carbocycles. The van der Waals surface area contributed by atoms with Gasteiger partial charge in [-0.1, -0.05) is 12.8 Å². The van der Waals surface area contributed by atoms with Crippen molar-refractivity contribution in [3.8, 4) is 0 Å². The van der Waals surface area contributed by atoms with E-state index in [0.29, 0.717) is 17.8 Å². The smallest absolute Gasteiger partial charge is 0.311 e. The molecule has 0 unspecified atom stereocenters. The minimum atomic E-state index is -0.513. The van der Waals surface area contributed by atoms with Gasteiger partial charge in [0.25, 0.3) is 11.8 Å². The lowest BCUT2D eigenvalue weighted by molar-refractivity contribution is -0.151. The van der Waals surface area contributed by atoms with E-state index in [9.17, 15) is 19.2 Å². The van der Waals surface area contributed by atoms with Gasteiger partial charge in [-0.05, 0) is 37.1 Å². The molecule has 2 fully saturated rings. The van der Waals surface area contributed by atoms with E-state index >= 15 is 0 Å². The minimum Gasteiger partial charge on any atom is -0.455 e. The van der Waals surface area contributed by atoms with E-state index in [2.05, 4.69) is 5.32 Å². The van der Waals surface area contributed by atoms with Crippen LogP contribution in [0.1, 0.15) is 42.5 Å². The highest BCUT2D eigenvalue weighted by atomic mass is 16.5. The van der Waals surface area contributed by atoms with Gasteiger partial charge in [0, 0.05) is 44.4 Å². The molecule has 3 amide bonds. The van der Waals surface area contributed by atoms with Crippen LogP contribution in [-0.2, 0) is 19.1 Å². The topological polar surface area (TPSA) is 96.0 Å². The second kappa shape index (κ2) is 9.07. The highest BCUT2D eigenvalue weighted by Crippen LogP contribution is 2.29. The fraction of sp³-hybridized carbons (Fsp3) is 0.524. The summed E-state index contributed by atoms with van der Waals surface area (Å²) in [7, 11) is 3.33. The first-order chi connectivity index (χ1) is 13.8. The van der Waals surface area contributed by atoms with E-state index < -0.39 is 24.4 Å². The number of anilines is 1. The van der Waals surface area contributed by atoms with Crippen molar-refractivity contribution in [1.82, 2.24) is 9.80 Å². The molecule has 2 aliphatic rings. The molecule has 1 saturated carbocycles. The number of esters is 1. The largest absolute Gasteiger partial charge is 0.455 e. The summed E-state index contributed by atoms with van der Waals surface area (Å²) in [5.41, 5.74) is 1.02. The molecular formula is C21H27N3O5. The molecule has 3 rings (SSSR count). The molecule has 29 heavy (non-hydrogen) atoms. The zero-order chi connectivity index (χ0) is 21.0. The van der Waals surface area contributed by atoms with Gasteiger partial charge in [0.05, 0.1) is 5.92 Å². The zero-order valence-electron chi connectivity index (χ0n) is 16.8. The van der Waals surface area contributed by atoms with Crippen molar-refractivity contribution in [3.05, 3.63) is 29.8 Å². The van der Waals surface area contributed by atoms with Gasteiger partial charge in [-0.25, -0.2) is 0 Å². The standard InChI is InChI=1S/C21H27N3O5/c1-23(2)20(27)14-7-9-16(10-8-14)22-18(25)13-29-21(28)15-11-19(26)24(12-15)17-5-3-4-6-17/h7-10,15,17H,3-6,11-13H2,1-2H3,(H,22,25)/t15-/m1/s1. The van der Waals surface area contributed by atoms with E-state index in [1.807, 2.05) is 0 Å².